The van der Waals surface area contributed by atoms with Crippen molar-refractivity contribution < 1.29 is 9.72 Å². The Kier molecular flexibility index (Phi) is 5.84. The van der Waals surface area contributed by atoms with E-state index in [4.69, 9.17) is 5.10 Å². The van der Waals surface area contributed by atoms with Gasteiger partial charge < -0.3 is 5.32 Å². The molecule has 0 unspecified atom stereocenters. The van der Waals surface area contributed by atoms with Crippen molar-refractivity contribution >= 4 is 11.6 Å². The maximum absolute atomic E-state index is 12.5. The molecule has 1 heterocycles. The van der Waals surface area contributed by atoms with Crippen LogP contribution in [-0.2, 0) is 13.1 Å². The summed E-state index contributed by atoms with van der Waals surface area (Å²) in [6.45, 7) is 0.909. The predicted molar refractivity (Wildman–Crippen MR) is 117 cm³/mol. The molecular weight excluding hydrogens is 392 g/mol. The number of carbonyl (C=O) groups is 1. The maximum Gasteiger partial charge on any atom is 0.269 e. The summed E-state index contributed by atoms with van der Waals surface area (Å²) < 4.78 is 1.87. The zero-order chi connectivity index (χ0) is 21.6. The second-order valence-electron chi connectivity index (χ2n) is 7.04. The van der Waals surface area contributed by atoms with E-state index < -0.39 is 4.92 Å². The zero-order valence-electron chi connectivity index (χ0n) is 16.6. The van der Waals surface area contributed by atoms with Crippen molar-refractivity contribution in [2.45, 2.75) is 13.1 Å². The van der Waals surface area contributed by atoms with Crippen molar-refractivity contribution in [2.75, 3.05) is 0 Å². The Balaban J connectivity index is 1.54. The van der Waals surface area contributed by atoms with Crippen LogP contribution in [0.5, 0.6) is 0 Å². The topological polar surface area (TPSA) is 90.1 Å². The number of hydrogen-bond donors (Lipinski definition) is 1. The minimum Gasteiger partial charge on any atom is -0.348 e. The fraction of sp³-hybridized carbons (Fsp3) is 0.0833. The standard InChI is InChI=1S/C24H20N4O3/c29-24(20-11-13-22(14-12-20)28(30)31)25-15-21-17-27(16-18-7-3-1-4-8-18)26-23(21)19-9-5-2-6-10-19/h1-14,17H,15-16H2,(H,25,29). The van der Waals surface area contributed by atoms with E-state index in [-0.39, 0.29) is 18.1 Å². The highest BCUT2D eigenvalue weighted by Crippen LogP contribution is 2.22. The van der Waals surface area contributed by atoms with E-state index in [1.165, 1.54) is 24.3 Å². The van der Waals surface area contributed by atoms with Crippen molar-refractivity contribution in [1.29, 1.82) is 0 Å². The molecule has 0 atom stereocenters. The molecule has 1 amide bonds. The Bertz CT molecular complexity index is 1190. The lowest BCUT2D eigenvalue weighted by atomic mass is 10.1. The zero-order valence-corrected chi connectivity index (χ0v) is 16.6. The SMILES string of the molecule is O=C(NCc1cn(Cc2ccccc2)nc1-c1ccccc1)c1ccc([N+](=O)[O-])cc1. The molecule has 0 aliphatic heterocycles. The number of aromatic nitrogens is 2. The maximum atomic E-state index is 12.5. The van der Waals surface area contributed by atoms with E-state index >= 15 is 0 Å². The van der Waals surface area contributed by atoms with E-state index in [2.05, 4.69) is 5.32 Å². The summed E-state index contributed by atoms with van der Waals surface area (Å²) in [5.41, 5.74) is 4.10. The van der Waals surface area contributed by atoms with Gasteiger partial charge in [-0.3, -0.25) is 19.6 Å². The number of nitrogens with zero attached hydrogens (tertiary/aromatic N) is 3. The molecule has 4 aromatic rings. The number of nitrogens with one attached hydrogen (secondary N) is 1. The van der Waals surface area contributed by atoms with E-state index in [0.29, 0.717) is 12.1 Å². The van der Waals surface area contributed by atoms with Crippen LogP contribution < -0.4 is 5.32 Å². The molecule has 0 spiro atoms. The lowest BCUT2D eigenvalue weighted by molar-refractivity contribution is -0.384. The van der Waals surface area contributed by atoms with Gasteiger partial charge in [0.1, 0.15) is 0 Å². The molecule has 0 bridgehead atoms. The van der Waals surface area contributed by atoms with Crippen LogP contribution in [0.3, 0.4) is 0 Å². The minimum atomic E-state index is -0.491. The molecule has 1 N–H and O–H groups in total. The lowest BCUT2D eigenvalue weighted by Crippen LogP contribution is -2.22. The van der Waals surface area contributed by atoms with Gasteiger partial charge in [0.2, 0.25) is 0 Å². The summed E-state index contributed by atoms with van der Waals surface area (Å²) in [7, 11) is 0. The highest BCUT2D eigenvalue weighted by molar-refractivity contribution is 5.94. The van der Waals surface area contributed by atoms with Crippen LogP contribution in [-0.4, -0.2) is 20.6 Å². The Morgan fingerprint density at radius 1 is 0.935 bits per heavy atom. The van der Waals surface area contributed by atoms with Crippen LogP contribution in [0, 0.1) is 10.1 Å². The number of non-ortho nitro benzene ring substituents is 1. The van der Waals surface area contributed by atoms with E-state index in [1.807, 2.05) is 71.5 Å². The monoisotopic (exact) mass is 412 g/mol. The number of hydrogen-bond acceptors (Lipinski definition) is 4. The van der Waals surface area contributed by atoms with Gasteiger partial charge in [0.05, 0.1) is 17.2 Å². The van der Waals surface area contributed by atoms with E-state index in [9.17, 15) is 14.9 Å². The molecule has 4 rings (SSSR count). The molecule has 0 aliphatic carbocycles. The Hall–Kier alpha value is -4.26. The Labute approximate surface area is 179 Å². The van der Waals surface area contributed by atoms with Crippen molar-refractivity contribution in [2.24, 2.45) is 0 Å². The van der Waals surface area contributed by atoms with Gasteiger partial charge in [-0.05, 0) is 17.7 Å². The third-order valence-corrected chi connectivity index (χ3v) is 4.85. The second-order valence-corrected chi connectivity index (χ2v) is 7.04. The third-order valence-electron chi connectivity index (χ3n) is 4.85. The molecule has 0 fully saturated rings. The van der Waals surface area contributed by atoms with Crippen molar-refractivity contribution in [1.82, 2.24) is 15.1 Å². The number of rotatable bonds is 7. The average molecular weight is 412 g/mol. The summed E-state index contributed by atoms with van der Waals surface area (Å²) in [6, 6.07) is 25.4. The summed E-state index contributed by atoms with van der Waals surface area (Å²) in [5, 5.41) is 18.4. The van der Waals surface area contributed by atoms with Crippen LogP contribution in [0.4, 0.5) is 5.69 Å². The van der Waals surface area contributed by atoms with Gasteiger partial charge in [0.15, 0.2) is 0 Å². The van der Waals surface area contributed by atoms with Crippen molar-refractivity contribution in [3.63, 3.8) is 0 Å². The number of carbonyl (C=O) groups excluding carboxylic acids is 1. The fourth-order valence-corrected chi connectivity index (χ4v) is 3.29. The van der Waals surface area contributed by atoms with Crippen LogP contribution in [0.15, 0.2) is 91.1 Å². The average Bonchev–Trinajstić information content (AvgIpc) is 3.21. The van der Waals surface area contributed by atoms with Gasteiger partial charge in [0, 0.05) is 41.6 Å². The summed E-state index contributed by atoms with van der Waals surface area (Å²) in [6.07, 6.45) is 1.94. The van der Waals surface area contributed by atoms with Gasteiger partial charge in [0.25, 0.3) is 11.6 Å². The molecular formula is C24H20N4O3. The fourth-order valence-electron chi connectivity index (χ4n) is 3.29. The molecule has 0 aliphatic rings. The quantitative estimate of drug-likeness (QED) is 0.359. The first kappa shape index (κ1) is 20.0. The first-order chi connectivity index (χ1) is 15.1. The van der Waals surface area contributed by atoms with Crippen LogP contribution in [0.2, 0.25) is 0 Å². The molecule has 3 aromatic carbocycles. The predicted octanol–water partition coefficient (Wildman–Crippen LogP) is 4.44. The largest absolute Gasteiger partial charge is 0.348 e. The summed E-state index contributed by atoms with van der Waals surface area (Å²) >= 11 is 0. The Morgan fingerprint density at radius 2 is 1.58 bits per heavy atom. The van der Waals surface area contributed by atoms with Crippen molar-refractivity contribution in [3.05, 3.63) is 118 Å². The molecule has 7 heteroatoms. The first-order valence-corrected chi connectivity index (χ1v) is 9.78. The van der Waals surface area contributed by atoms with Gasteiger partial charge in [-0.15, -0.1) is 0 Å². The number of nitro benzene ring substituents is 1. The number of nitro groups is 1. The molecule has 0 saturated carbocycles. The Morgan fingerprint density at radius 3 is 2.23 bits per heavy atom. The smallest absolute Gasteiger partial charge is 0.269 e. The molecule has 1 aromatic heterocycles. The van der Waals surface area contributed by atoms with Gasteiger partial charge >= 0.3 is 0 Å². The van der Waals surface area contributed by atoms with E-state index in [0.717, 1.165) is 22.4 Å². The van der Waals surface area contributed by atoms with Crippen LogP contribution in [0.25, 0.3) is 11.3 Å². The second kappa shape index (κ2) is 9.04. The summed E-state index contributed by atoms with van der Waals surface area (Å²) in [5.74, 6) is -0.301. The highest BCUT2D eigenvalue weighted by Gasteiger charge is 2.14. The number of amides is 1. The molecule has 31 heavy (non-hydrogen) atoms. The van der Waals surface area contributed by atoms with Crippen LogP contribution >= 0.6 is 0 Å². The highest BCUT2D eigenvalue weighted by atomic mass is 16.6. The van der Waals surface area contributed by atoms with Gasteiger partial charge in [-0.25, -0.2) is 0 Å². The molecule has 154 valence electrons. The van der Waals surface area contributed by atoms with E-state index in [1.54, 1.807) is 0 Å². The molecule has 7 nitrogen and oxygen atoms in total. The van der Waals surface area contributed by atoms with Crippen LogP contribution in [0.1, 0.15) is 21.5 Å². The number of benzene rings is 3. The van der Waals surface area contributed by atoms with Crippen molar-refractivity contribution in [3.8, 4) is 11.3 Å². The summed E-state index contributed by atoms with van der Waals surface area (Å²) in [4.78, 5) is 22.8. The molecule has 0 radical (unpaired) electrons. The lowest BCUT2D eigenvalue weighted by Gasteiger charge is -2.06. The van der Waals surface area contributed by atoms with Gasteiger partial charge in [-0.1, -0.05) is 60.7 Å². The normalized spacial score (nSPS) is 10.6. The first-order valence-electron chi connectivity index (χ1n) is 9.78. The third kappa shape index (κ3) is 4.84. The van der Waals surface area contributed by atoms with Gasteiger partial charge in [-0.2, -0.15) is 5.10 Å². The minimum absolute atomic E-state index is 0.0508. The molecule has 0 saturated heterocycles.